The molecule has 2 heterocycles. The predicted octanol–water partition coefficient (Wildman–Crippen LogP) is 1.21. The zero-order valence-electron chi connectivity index (χ0n) is 9.69. The van der Waals surface area contributed by atoms with E-state index in [0.29, 0.717) is 5.91 Å². The molecular formula is C13H17ClN2O. The van der Waals surface area contributed by atoms with E-state index in [4.69, 9.17) is 0 Å². The molecular weight excluding hydrogens is 236 g/mol. The molecule has 2 aliphatic heterocycles. The smallest absolute Gasteiger partial charge is 0.228 e. The first-order chi connectivity index (χ1) is 7.84. The van der Waals surface area contributed by atoms with Crippen LogP contribution in [0.1, 0.15) is 11.1 Å². The van der Waals surface area contributed by atoms with Gasteiger partial charge in [0.05, 0.1) is 5.92 Å². The molecule has 1 fully saturated rings. The molecule has 1 aromatic carbocycles. The summed E-state index contributed by atoms with van der Waals surface area (Å²) in [6.45, 7) is 3.39. The zero-order valence-corrected chi connectivity index (χ0v) is 10.5. The molecule has 3 rings (SSSR count). The van der Waals surface area contributed by atoms with Gasteiger partial charge in [-0.3, -0.25) is 4.79 Å². The highest BCUT2D eigenvalue weighted by atomic mass is 35.5. The summed E-state index contributed by atoms with van der Waals surface area (Å²) in [5, 5.41) is 3.15. The Morgan fingerprint density at radius 2 is 1.94 bits per heavy atom. The number of amides is 1. The van der Waals surface area contributed by atoms with Crippen LogP contribution in [0.2, 0.25) is 0 Å². The average Bonchev–Trinajstić information content (AvgIpc) is 2.26. The van der Waals surface area contributed by atoms with Crippen LogP contribution in [-0.2, 0) is 17.8 Å². The van der Waals surface area contributed by atoms with Crippen molar-refractivity contribution in [2.24, 2.45) is 5.92 Å². The highest BCUT2D eigenvalue weighted by Crippen LogP contribution is 2.20. The fourth-order valence-corrected chi connectivity index (χ4v) is 2.41. The van der Waals surface area contributed by atoms with Crippen LogP contribution in [-0.4, -0.2) is 30.4 Å². The van der Waals surface area contributed by atoms with E-state index in [2.05, 4.69) is 29.6 Å². The number of carbonyl (C=O) groups is 1. The number of halogens is 1. The molecule has 1 amide bonds. The molecule has 1 saturated heterocycles. The van der Waals surface area contributed by atoms with E-state index in [-0.39, 0.29) is 18.3 Å². The number of hydrogen-bond donors (Lipinski definition) is 1. The zero-order chi connectivity index (χ0) is 11.0. The van der Waals surface area contributed by atoms with Gasteiger partial charge in [-0.1, -0.05) is 24.3 Å². The molecule has 0 unspecified atom stereocenters. The van der Waals surface area contributed by atoms with Crippen molar-refractivity contribution in [1.82, 2.24) is 10.2 Å². The van der Waals surface area contributed by atoms with E-state index in [1.165, 1.54) is 11.1 Å². The lowest BCUT2D eigenvalue weighted by molar-refractivity contribution is -0.138. The largest absolute Gasteiger partial charge is 0.338 e. The van der Waals surface area contributed by atoms with Gasteiger partial charge in [0, 0.05) is 26.2 Å². The van der Waals surface area contributed by atoms with Crippen molar-refractivity contribution in [3.63, 3.8) is 0 Å². The minimum absolute atomic E-state index is 0. The number of carbonyl (C=O) groups excluding carboxylic acids is 1. The third-order valence-electron chi connectivity index (χ3n) is 3.57. The second kappa shape index (κ2) is 5.07. The molecule has 1 aromatic rings. The molecule has 0 bridgehead atoms. The summed E-state index contributed by atoms with van der Waals surface area (Å²) in [5.74, 6) is 0.554. The topological polar surface area (TPSA) is 32.3 Å². The van der Waals surface area contributed by atoms with Gasteiger partial charge in [0.1, 0.15) is 0 Å². The normalized spacial score (nSPS) is 18.9. The van der Waals surface area contributed by atoms with Gasteiger partial charge in [-0.2, -0.15) is 0 Å². The third kappa shape index (κ3) is 2.31. The van der Waals surface area contributed by atoms with Gasteiger partial charge in [0.2, 0.25) is 5.91 Å². The monoisotopic (exact) mass is 252 g/mol. The first kappa shape index (κ1) is 12.4. The lowest BCUT2D eigenvalue weighted by atomic mass is 9.96. The van der Waals surface area contributed by atoms with Crippen LogP contribution in [0.3, 0.4) is 0 Å². The van der Waals surface area contributed by atoms with Crippen LogP contribution in [0, 0.1) is 5.92 Å². The van der Waals surface area contributed by atoms with Gasteiger partial charge in [-0.15, -0.1) is 12.4 Å². The first-order valence-corrected chi connectivity index (χ1v) is 5.91. The maximum Gasteiger partial charge on any atom is 0.228 e. The summed E-state index contributed by atoms with van der Waals surface area (Å²) in [7, 11) is 0. The Hall–Kier alpha value is -1.06. The Labute approximate surface area is 108 Å². The van der Waals surface area contributed by atoms with E-state index in [1.54, 1.807) is 0 Å². The summed E-state index contributed by atoms with van der Waals surface area (Å²) in [6, 6.07) is 8.43. The molecule has 0 saturated carbocycles. The molecule has 4 heteroatoms. The summed E-state index contributed by atoms with van der Waals surface area (Å²) in [4.78, 5) is 14.1. The predicted molar refractivity (Wildman–Crippen MR) is 69.2 cm³/mol. The van der Waals surface area contributed by atoms with Crippen molar-refractivity contribution in [2.75, 3.05) is 19.6 Å². The van der Waals surface area contributed by atoms with Crippen molar-refractivity contribution in [3.8, 4) is 0 Å². The van der Waals surface area contributed by atoms with E-state index in [1.807, 2.05) is 4.90 Å². The molecule has 0 aromatic heterocycles. The van der Waals surface area contributed by atoms with Crippen molar-refractivity contribution >= 4 is 18.3 Å². The van der Waals surface area contributed by atoms with Gasteiger partial charge >= 0.3 is 0 Å². The summed E-state index contributed by atoms with van der Waals surface area (Å²) >= 11 is 0. The minimum atomic E-state index is 0. The molecule has 17 heavy (non-hydrogen) atoms. The molecule has 92 valence electrons. The first-order valence-electron chi connectivity index (χ1n) is 5.91. The highest BCUT2D eigenvalue weighted by Gasteiger charge is 2.30. The van der Waals surface area contributed by atoms with Gasteiger partial charge in [-0.05, 0) is 17.5 Å². The highest BCUT2D eigenvalue weighted by molar-refractivity contribution is 5.85. The van der Waals surface area contributed by atoms with Crippen molar-refractivity contribution in [2.45, 2.75) is 13.0 Å². The Morgan fingerprint density at radius 1 is 1.24 bits per heavy atom. The fourth-order valence-electron chi connectivity index (χ4n) is 2.41. The number of fused-ring (bicyclic) bond motifs is 1. The molecule has 0 radical (unpaired) electrons. The quantitative estimate of drug-likeness (QED) is 0.815. The number of hydrogen-bond acceptors (Lipinski definition) is 2. The Balaban J connectivity index is 0.00000108. The number of rotatable bonds is 1. The van der Waals surface area contributed by atoms with Crippen LogP contribution in [0.15, 0.2) is 24.3 Å². The summed E-state index contributed by atoms with van der Waals surface area (Å²) in [5.41, 5.74) is 2.72. The van der Waals surface area contributed by atoms with E-state index < -0.39 is 0 Å². The van der Waals surface area contributed by atoms with Crippen LogP contribution >= 0.6 is 12.4 Å². The maximum atomic E-state index is 12.1. The maximum absolute atomic E-state index is 12.1. The summed E-state index contributed by atoms with van der Waals surface area (Å²) in [6.07, 6.45) is 1.00. The van der Waals surface area contributed by atoms with E-state index in [0.717, 1.165) is 32.6 Å². The molecule has 3 nitrogen and oxygen atoms in total. The van der Waals surface area contributed by atoms with Crippen molar-refractivity contribution in [3.05, 3.63) is 35.4 Å². The van der Waals surface area contributed by atoms with Crippen molar-refractivity contribution in [1.29, 1.82) is 0 Å². The number of nitrogens with one attached hydrogen (secondary N) is 1. The lowest BCUT2D eigenvalue weighted by Crippen LogP contribution is -2.52. The molecule has 1 N–H and O–H groups in total. The van der Waals surface area contributed by atoms with Gasteiger partial charge in [0.25, 0.3) is 0 Å². The summed E-state index contributed by atoms with van der Waals surface area (Å²) < 4.78 is 0. The van der Waals surface area contributed by atoms with Crippen LogP contribution in [0.5, 0.6) is 0 Å². The second-order valence-electron chi connectivity index (χ2n) is 4.63. The van der Waals surface area contributed by atoms with E-state index in [9.17, 15) is 4.79 Å². The number of benzene rings is 1. The fraction of sp³-hybridized carbons (Fsp3) is 0.462. The van der Waals surface area contributed by atoms with Gasteiger partial charge in [-0.25, -0.2) is 0 Å². The van der Waals surface area contributed by atoms with Gasteiger partial charge in [0.15, 0.2) is 0 Å². The Morgan fingerprint density at radius 3 is 2.59 bits per heavy atom. The third-order valence-corrected chi connectivity index (χ3v) is 3.57. The van der Waals surface area contributed by atoms with Crippen LogP contribution in [0.25, 0.3) is 0 Å². The second-order valence-corrected chi connectivity index (χ2v) is 4.63. The van der Waals surface area contributed by atoms with E-state index >= 15 is 0 Å². The van der Waals surface area contributed by atoms with Crippen LogP contribution < -0.4 is 5.32 Å². The Kier molecular flexibility index (Phi) is 3.69. The number of nitrogens with zero attached hydrogens (tertiary/aromatic N) is 1. The minimum Gasteiger partial charge on any atom is -0.338 e. The lowest BCUT2D eigenvalue weighted by Gasteiger charge is -2.35. The van der Waals surface area contributed by atoms with Crippen molar-refractivity contribution < 1.29 is 4.79 Å². The molecule has 0 atom stereocenters. The standard InChI is InChI=1S/C13H16N2O.ClH/c16-13(12-7-14-8-12)15-6-5-10-3-1-2-4-11(10)9-15;/h1-4,12,14H,5-9H2;1H. The molecule has 2 aliphatic rings. The SMILES string of the molecule is Cl.O=C(C1CNC1)N1CCc2ccccc2C1. The molecule has 0 spiro atoms. The van der Waals surface area contributed by atoms with Crippen LogP contribution in [0.4, 0.5) is 0 Å². The average molecular weight is 253 g/mol. The van der Waals surface area contributed by atoms with Gasteiger partial charge < -0.3 is 10.2 Å². The molecule has 0 aliphatic carbocycles. The Bertz CT molecular complexity index is 418.